The van der Waals surface area contributed by atoms with E-state index >= 15 is 0 Å². The van der Waals surface area contributed by atoms with Crippen LogP contribution in [0.25, 0.3) is 16.6 Å². The highest BCUT2D eigenvalue weighted by Crippen LogP contribution is 2.16. The second-order valence-corrected chi connectivity index (χ2v) is 7.24. The van der Waals surface area contributed by atoms with Gasteiger partial charge in [0.2, 0.25) is 0 Å². The third kappa shape index (κ3) is 3.52. The molecular formula is C22H22N6O. The molecule has 2 aromatic heterocycles. The topological polar surface area (TPSA) is 59.2 Å². The molecule has 146 valence electrons. The van der Waals surface area contributed by atoms with Crippen molar-refractivity contribution in [3.05, 3.63) is 83.4 Å². The summed E-state index contributed by atoms with van der Waals surface area (Å²) in [5, 5.41) is 9.64. The summed E-state index contributed by atoms with van der Waals surface area (Å²) < 4.78 is 3.25. The Balaban J connectivity index is 1.32. The van der Waals surface area contributed by atoms with E-state index in [4.69, 9.17) is 0 Å². The summed E-state index contributed by atoms with van der Waals surface area (Å²) in [7, 11) is 0. The molecule has 1 aliphatic heterocycles. The first-order valence-electron chi connectivity index (χ1n) is 9.81. The molecule has 0 spiro atoms. The number of benzene rings is 2. The third-order valence-corrected chi connectivity index (χ3v) is 5.36. The Bertz CT molecular complexity index is 1160. The van der Waals surface area contributed by atoms with E-state index in [1.807, 2.05) is 42.6 Å². The monoisotopic (exact) mass is 386 g/mol. The fraction of sp³-hybridized carbons (Fsp3) is 0.227. The zero-order valence-electron chi connectivity index (χ0n) is 16.1. The summed E-state index contributed by atoms with van der Waals surface area (Å²) in [6.07, 6.45) is 3.57. The van der Waals surface area contributed by atoms with Crippen LogP contribution >= 0.6 is 0 Å². The molecule has 0 saturated carbocycles. The molecule has 7 nitrogen and oxygen atoms in total. The number of hydrogen-bond acceptors (Lipinski definition) is 5. The largest absolute Gasteiger partial charge is 0.369 e. The van der Waals surface area contributed by atoms with Crippen molar-refractivity contribution >= 4 is 16.6 Å². The highest BCUT2D eigenvalue weighted by molar-refractivity contribution is 5.76. The maximum atomic E-state index is 12.9. The van der Waals surface area contributed by atoms with Gasteiger partial charge in [0.05, 0.1) is 18.6 Å². The molecule has 0 atom stereocenters. The van der Waals surface area contributed by atoms with Gasteiger partial charge in [-0.3, -0.25) is 9.69 Å². The zero-order chi connectivity index (χ0) is 19.6. The van der Waals surface area contributed by atoms with Crippen LogP contribution in [0.2, 0.25) is 0 Å². The molecule has 3 heterocycles. The molecule has 1 aliphatic rings. The van der Waals surface area contributed by atoms with E-state index in [0.29, 0.717) is 12.2 Å². The van der Waals surface area contributed by atoms with E-state index < -0.39 is 0 Å². The Hall–Kier alpha value is -3.45. The van der Waals surface area contributed by atoms with E-state index in [1.165, 1.54) is 10.4 Å². The Morgan fingerprint density at radius 2 is 1.48 bits per heavy atom. The lowest BCUT2D eigenvalue weighted by atomic mass is 10.2. The van der Waals surface area contributed by atoms with Gasteiger partial charge in [0.25, 0.3) is 5.56 Å². The number of piperazine rings is 1. The molecule has 5 rings (SSSR count). The van der Waals surface area contributed by atoms with Crippen molar-refractivity contribution in [2.24, 2.45) is 0 Å². The molecule has 4 aromatic rings. The maximum absolute atomic E-state index is 12.9. The summed E-state index contributed by atoms with van der Waals surface area (Å²) in [6, 6.07) is 20.2. The molecule has 0 bridgehead atoms. The fourth-order valence-electron chi connectivity index (χ4n) is 3.74. The molecule has 1 saturated heterocycles. The minimum Gasteiger partial charge on any atom is -0.369 e. The quantitative estimate of drug-likeness (QED) is 0.539. The number of anilines is 1. The van der Waals surface area contributed by atoms with Crippen molar-refractivity contribution < 1.29 is 0 Å². The first kappa shape index (κ1) is 17.6. The van der Waals surface area contributed by atoms with Gasteiger partial charge in [0.1, 0.15) is 0 Å². The lowest BCUT2D eigenvalue weighted by Gasteiger charge is -2.35. The van der Waals surface area contributed by atoms with Crippen LogP contribution in [0.15, 0.2) is 77.9 Å². The van der Waals surface area contributed by atoms with Gasteiger partial charge in [-0.25, -0.2) is 9.36 Å². The van der Waals surface area contributed by atoms with Gasteiger partial charge in [0, 0.05) is 43.4 Å². The summed E-state index contributed by atoms with van der Waals surface area (Å²) in [5.41, 5.74) is 2.47. The highest BCUT2D eigenvalue weighted by Gasteiger charge is 2.19. The van der Waals surface area contributed by atoms with Crippen LogP contribution in [-0.4, -0.2) is 50.6 Å². The lowest BCUT2D eigenvalue weighted by Crippen LogP contribution is -2.48. The summed E-state index contributed by atoms with van der Waals surface area (Å²) in [5.74, 6) is 0. The average molecular weight is 386 g/mol. The molecule has 0 unspecified atom stereocenters. The number of aromatic nitrogens is 4. The molecule has 0 radical (unpaired) electrons. The van der Waals surface area contributed by atoms with Crippen molar-refractivity contribution in [2.45, 2.75) is 6.67 Å². The fourth-order valence-corrected chi connectivity index (χ4v) is 3.74. The Kier molecular flexibility index (Phi) is 4.57. The SMILES string of the molecule is O=c1c2nn(-c3ccccc3)cc2cnn1CN1CCN(c2ccccc2)CC1. The molecule has 0 N–H and O–H groups in total. The number of hydrogen-bond donors (Lipinski definition) is 0. The van der Waals surface area contributed by atoms with E-state index in [0.717, 1.165) is 37.3 Å². The summed E-state index contributed by atoms with van der Waals surface area (Å²) in [6.45, 7) is 4.13. The predicted molar refractivity (Wildman–Crippen MR) is 113 cm³/mol. The van der Waals surface area contributed by atoms with Gasteiger partial charge < -0.3 is 4.90 Å². The molecule has 7 heteroatoms. The average Bonchev–Trinajstić information content (AvgIpc) is 3.23. The van der Waals surface area contributed by atoms with Gasteiger partial charge in [-0.15, -0.1) is 0 Å². The van der Waals surface area contributed by atoms with Crippen LogP contribution in [0.1, 0.15) is 0 Å². The second-order valence-electron chi connectivity index (χ2n) is 7.24. The smallest absolute Gasteiger partial charge is 0.296 e. The maximum Gasteiger partial charge on any atom is 0.296 e. The van der Waals surface area contributed by atoms with Gasteiger partial charge in [-0.1, -0.05) is 36.4 Å². The standard InChI is InChI=1S/C22H22N6O/c29-22-21-18(16-27(24-21)20-9-5-2-6-10-20)15-23-28(22)17-25-11-13-26(14-12-25)19-7-3-1-4-8-19/h1-10,15-16H,11-14,17H2. The summed E-state index contributed by atoms with van der Waals surface area (Å²) in [4.78, 5) is 17.6. The number of para-hydroxylation sites is 2. The first-order chi connectivity index (χ1) is 14.3. The van der Waals surface area contributed by atoms with Crippen LogP contribution in [0, 0.1) is 0 Å². The van der Waals surface area contributed by atoms with Crippen molar-refractivity contribution in [2.75, 3.05) is 31.1 Å². The Morgan fingerprint density at radius 3 is 2.17 bits per heavy atom. The van der Waals surface area contributed by atoms with Crippen molar-refractivity contribution in [1.29, 1.82) is 0 Å². The highest BCUT2D eigenvalue weighted by atomic mass is 16.1. The van der Waals surface area contributed by atoms with Gasteiger partial charge in [-0.2, -0.15) is 10.2 Å². The minimum atomic E-state index is -0.150. The van der Waals surface area contributed by atoms with Crippen molar-refractivity contribution in [3.63, 3.8) is 0 Å². The number of rotatable bonds is 4. The van der Waals surface area contributed by atoms with Gasteiger partial charge >= 0.3 is 0 Å². The molecule has 0 amide bonds. The number of nitrogens with zero attached hydrogens (tertiary/aromatic N) is 6. The molecule has 0 aliphatic carbocycles. The van der Waals surface area contributed by atoms with E-state index in [-0.39, 0.29) is 5.56 Å². The van der Waals surface area contributed by atoms with Crippen molar-refractivity contribution in [3.8, 4) is 5.69 Å². The minimum absolute atomic E-state index is 0.150. The molecule has 2 aromatic carbocycles. The molecule has 1 fully saturated rings. The third-order valence-electron chi connectivity index (χ3n) is 5.36. The van der Waals surface area contributed by atoms with Crippen LogP contribution in [0.5, 0.6) is 0 Å². The molecule has 29 heavy (non-hydrogen) atoms. The predicted octanol–water partition coefficient (Wildman–Crippen LogP) is 2.36. The summed E-state index contributed by atoms with van der Waals surface area (Å²) >= 11 is 0. The zero-order valence-corrected chi connectivity index (χ0v) is 16.1. The normalized spacial score (nSPS) is 15.1. The van der Waals surface area contributed by atoms with Crippen LogP contribution < -0.4 is 10.5 Å². The van der Waals surface area contributed by atoms with Crippen molar-refractivity contribution in [1.82, 2.24) is 24.5 Å². The Labute approximate surface area is 168 Å². The Morgan fingerprint density at radius 1 is 0.828 bits per heavy atom. The second kappa shape index (κ2) is 7.52. The van der Waals surface area contributed by atoms with E-state index in [9.17, 15) is 4.79 Å². The molecular weight excluding hydrogens is 364 g/mol. The van der Waals surface area contributed by atoms with Crippen LogP contribution in [0.4, 0.5) is 5.69 Å². The van der Waals surface area contributed by atoms with E-state index in [2.05, 4.69) is 44.3 Å². The lowest BCUT2D eigenvalue weighted by molar-refractivity contribution is 0.192. The number of fused-ring (bicyclic) bond motifs is 1. The van der Waals surface area contributed by atoms with Gasteiger partial charge in [0.15, 0.2) is 5.52 Å². The van der Waals surface area contributed by atoms with Gasteiger partial charge in [-0.05, 0) is 24.3 Å². The van der Waals surface area contributed by atoms with Crippen LogP contribution in [-0.2, 0) is 6.67 Å². The van der Waals surface area contributed by atoms with E-state index in [1.54, 1.807) is 10.9 Å². The van der Waals surface area contributed by atoms with Crippen LogP contribution in [0.3, 0.4) is 0 Å². The first-order valence-corrected chi connectivity index (χ1v) is 9.81.